The molecule has 1 saturated heterocycles. The van der Waals surface area contributed by atoms with Crippen molar-refractivity contribution >= 4 is 33.6 Å². The normalized spacial score (nSPS) is 16.1. The van der Waals surface area contributed by atoms with Crippen LogP contribution in [0.5, 0.6) is 0 Å². The molecule has 1 aliphatic rings. The minimum absolute atomic E-state index is 0.0105. The number of nitrogens with one attached hydrogen (secondary N) is 3. The third kappa shape index (κ3) is 6.87. The van der Waals surface area contributed by atoms with Crippen molar-refractivity contribution in [2.75, 3.05) is 25.0 Å². The maximum Gasteiger partial charge on any atom is 0.315 e. The van der Waals surface area contributed by atoms with Crippen LogP contribution in [0.2, 0.25) is 0 Å². The highest BCUT2D eigenvalue weighted by atomic mass is 79.9. The topological polar surface area (TPSA) is 73.5 Å². The molecule has 0 aliphatic carbocycles. The summed E-state index contributed by atoms with van der Waals surface area (Å²) in [6.45, 7) is 3.91. The van der Waals surface area contributed by atoms with Gasteiger partial charge in [0.2, 0.25) is 5.91 Å². The van der Waals surface area contributed by atoms with Crippen LogP contribution in [0.25, 0.3) is 0 Å². The van der Waals surface area contributed by atoms with E-state index < -0.39 is 0 Å². The molecule has 1 aliphatic heterocycles. The number of carbonyl (C=O) groups excluding carboxylic acids is 2. The molecule has 2 aromatic rings. The zero-order valence-electron chi connectivity index (χ0n) is 16.5. The van der Waals surface area contributed by atoms with Crippen molar-refractivity contribution in [2.45, 2.75) is 31.8 Å². The Bertz CT molecular complexity index is 805. The van der Waals surface area contributed by atoms with E-state index in [-0.39, 0.29) is 24.0 Å². The van der Waals surface area contributed by atoms with Gasteiger partial charge in [-0.15, -0.1) is 0 Å². The number of hydrogen-bond acceptors (Lipinski definition) is 3. The fourth-order valence-corrected chi connectivity index (χ4v) is 3.68. The highest BCUT2D eigenvalue weighted by Crippen LogP contribution is 2.17. The molecule has 7 heteroatoms. The molecule has 0 bridgehead atoms. The van der Waals surface area contributed by atoms with Crippen molar-refractivity contribution < 1.29 is 9.59 Å². The van der Waals surface area contributed by atoms with Crippen LogP contribution in [-0.4, -0.2) is 42.5 Å². The Morgan fingerprint density at radius 2 is 1.72 bits per heavy atom. The first-order valence-corrected chi connectivity index (χ1v) is 10.7. The van der Waals surface area contributed by atoms with E-state index >= 15 is 0 Å². The van der Waals surface area contributed by atoms with E-state index in [9.17, 15) is 9.59 Å². The summed E-state index contributed by atoms with van der Waals surface area (Å²) < 4.78 is 1.02. The number of piperidine rings is 1. The van der Waals surface area contributed by atoms with Gasteiger partial charge in [0, 0.05) is 29.3 Å². The monoisotopic (exact) mass is 458 g/mol. The van der Waals surface area contributed by atoms with Gasteiger partial charge in [-0.05, 0) is 49.6 Å². The molecule has 1 atom stereocenters. The van der Waals surface area contributed by atoms with Gasteiger partial charge in [-0.2, -0.15) is 0 Å². The lowest BCUT2D eigenvalue weighted by Crippen LogP contribution is -2.49. The Balaban J connectivity index is 1.37. The molecule has 29 heavy (non-hydrogen) atoms. The Hall–Kier alpha value is -2.38. The third-order valence-electron chi connectivity index (χ3n) is 5.07. The molecule has 154 valence electrons. The lowest BCUT2D eigenvalue weighted by atomic mass is 10.1. The number of carbonyl (C=O) groups is 2. The van der Waals surface area contributed by atoms with Crippen LogP contribution in [0.15, 0.2) is 59.1 Å². The second-order valence-corrected chi connectivity index (χ2v) is 8.27. The molecule has 0 radical (unpaired) electrons. The van der Waals surface area contributed by atoms with Gasteiger partial charge in [0.25, 0.3) is 0 Å². The third-order valence-corrected chi connectivity index (χ3v) is 5.59. The molecule has 0 saturated carbocycles. The summed E-state index contributed by atoms with van der Waals surface area (Å²) in [4.78, 5) is 26.6. The molecule has 0 aromatic heterocycles. The predicted octanol–water partition coefficient (Wildman–Crippen LogP) is 3.91. The van der Waals surface area contributed by atoms with Gasteiger partial charge in [-0.25, -0.2) is 4.79 Å². The number of benzene rings is 2. The van der Waals surface area contributed by atoms with Gasteiger partial charge in [-0.1, -0.05) is 46.3 Å². The molecule has 0 unspecified atom stereocenters. The lowest BCUT2D eigenvalue weighted by molar-refractivity contribution is -0.117. The number of rotatable bonds is 6. The van der Waals surface area contributed by atoms with Crippen molar-refractivity contribution in [1.29, 1.82) is 0 Å². The predicted molar refractivity (Wildman–Crippen MR) is 119 cm³/mol. The van der Waals surface area contributed by atoms with Gasteiger partial charge in [-0.3, -0.25) is 9.69 Å². The number of nitrogens with zero attached hydrogens (tertiary/aromatic N) is 1. The summed E-state index contributed by atoms with van der Waals surface area (Å²) in [6.07, 6.45) is 1.66. The summed E-state index contributed by atoms with van der Waals surface area (Å²) >= 11 is 3.42. The van der Waals surface area contributed by atoms with Crippen molar-refractivity contribution in [1.82, 2.24) is 15.5 Å². The fraction of sp³-hybridized carbons (Fsp3) is 0.364. The lowest BCUT2D eigenvalue weighted by Gasteiger charge is -2.32. The first kappa shape index (κ1) is 21.3. The number of hydrogen-bond donors (Lipinski definition) is 3. The standard InChI is InChI=1S/C22H27BrN4O2/c1-16(17-7-9-18(23)10-8-17)24-22(29)26-20-11-13-27(14-12-20)15-21(28)25-19-5-3-2-4-6-19/h2-10,16,20H,11-15H2,1H3,(H,25,28)(H2,24,26,29)/t16-/m0/s1. The highest BCUT2D eigenvalue weighted by molar-refractivity contribution is 9.10. The fourth-order valence-electron chi connectivity index (χ4n) is 3.42. The van der Waals surface area contributed by atoms with E-state index in [1.54, 1.807) is 0 Å². The number of anilines is 1. The molecule has 6 nitrogen and oxygen atoms in total. The first-order valence-electron chi connectivity index (χ1n) is 9.89. The van der Waals surface area contributed by atoms with Crippen LogP contribution in [0, 0.1) is 0 Å². The van der Waals surface area contributed by atoms with Crippen molar-refractivity contribution in [3.05, 3.63) is 64.6 Å². The molecule has 1 heterocycles. The molecule has 3 N–H and O–H groups in total. The van der Waals surface area contributed by atoms with Crippen LogP contribution in [0.1, 0.15) is 31.4 Å². The first-order chi connectivity index (χ1) is 14.0. The van der Waals surface area contributed by atoms with Crippen molar-refractivity contribution in [3.63, 3.8) is 0 Å². The average Bonchev–Trinajstić information content (AvgIpc) is 2.70. The molecule has 0 spiro atoms. The van der Waals surface area contributed by atoms with Gasteiger partial charge in [0.15, 0.2) is 0 Å². The summed E-state index contributed by atoms with van der Waals surface area (Å²) in [5.41, 5.74) is 1.87. The highest BCUT2D eigenvalue weighted by Gasteiger charge is 2.22. The second-order valence-electron chi connectivity index (χ2n) is 7.36. The van der Waals surface area contributed by atoms with E-state index in [1.165, 1.54) is 0 Å². The van der Waals surface area contributed by atoms with Crippen molar-refractivity contribution in [2.24, 2.45) is 0 Å². The van der Waals surface area contributed by atoms with Crippen molar-refractivity contribution in [3.8, 4) is 0 Å². The Labute approximate surface area is 180 Å². The maximum absolute atomic E-state index is 12.3. The molecule has 1 fully saturated rings. The van der Waals surface area contributed by atoms with E-state index in [1.807, 2.05) is 61.5 Å². The molecule has 3 rings (SSSR count). The van der Waals surface area contributed by atoms with Crippen LogP contribution in [-0.2, 0) is 4.79 Å². The summed E-state index contributed by atoms with van der Waals surface area (Å²) in [5.74, 6) is -0.0105. The minimum atomic E-state index is -0.152. The summed E-state index contributed by atoms with van der Waals surface area (Å²) in [7, 11) is 0. The number of urea groups is 1. The summed E-state index contributed by atoms with van der Waals surface area (Å²) in [6, 6.07) is 17.3. The largest absolute Gasteiger partial charge is 0.335 e. The Morgan fingerprint density at radius 1 is 1.07 bits per heavy atom. The Kier molecular flexibility index (Phi) is 7.66. The summed E-state index contributed by atoms with van der Waals surface area (Å²) in [5, 5.41) is 8.96. The smallest absolute Gasteiger partial charge is 0.315 e. The van der Waals surface area contributed by atoms with Gasteiger partial charge >= 0.3 is 6.03 Å². The molecule has 2 aromatic carbocycles. The van der Waals surface area contributed by atoms with Gasteiger partial charge < -0.3 is 16.0 Å². The zero-order chi connectivity index (χ0) is 20.6. The Morgan fingerprint density at radius 3 is 2.38 bits per heavy atom. The quantitative estimate of drug-likeness (QED) is 0.614. The number of likely N-dealkylation sites (tertiary alicyclic amines) is 1. The number of para-hydroxylation sites is 1. The number of amides is 3. The SMILES string of the molecule is C[C@H](NC(=O)NC1CCN(CC(=O)Nc2ccccc2)CC1)c1ccc(Br)cc1. The molecular formula is C22H27BrN4O2. The molecular weight excluding hydrogens is 432 g/mol. The minimum Gasteiger partial charge on any atom is -0.335 e. The number of halogens is 1. The van der Waals surface area contributed by atoms with Gasteiger partial charge in [0.05, 0.1) is 12.6 Å². The van der Waals surface area contributed by atoms with Crippen LogP contribution >= 0.6 is 15.9 Å². The van der Waals surface area contributed by atoms with E-state index in [0.717, 1.165) is 41.7 Å². The van der Waals surface area contributed by atoms with E-state index in [4.69, 9.17) is 0 Å². The van der Waals surface area contributed by atoms with Crippen LogP contribution < -0.4 is 16.0 Å². The van der Waals surface area contributed by atoms with E-state index in [2.05, 4.69) is 36.8 Å². The maximum atomic E-state index is 12.3. The van der Waals surface area contributed by atoms with Crippen LogP contribution in [0.4, 0.5) is 10.5 Å². The van der Waals surface area contributed by atoms with Gasteiger partial charge in [0.1, 0.15) is 0 Å². The molecule has 3 amide bonds. The zero-order valence-corrected chi connectivity index (χ0v) is 18.1. The second kappa shape index (κ2) is 10.4. The van der Waals surface area contributed by atoms with Crippen LogP contribution in [0.3, 0.4) is 0 Å². The van der Waals surface area contributed by atoms with E-state index in [0.29, 0.717) is 6.54 Å². The average molecular weight is 459 g/mol.